The lowest BCUT2D eigenvalue weighted by Crippen LogP contribution is -2.24. The molecule has 0 aliphatic rings. The summed E-state index contributed by atoms with van der Waals surface area (Å²) in [6, 6.07) is 7.09. The number of amides is 1. The molecular weight excluding hydrogens is 379 g/mol. The fourth-order valence-electron chi connectivity index (χ4n) is 2.16. The van der Waals surface area contributed by atoms with Crippen molar-refractivity contribution in [2.75, 3.05) is 18.5 Å². The first-order valence-corrected chi connectivity index (χ1v) is 8.49. The van der Waals surface area contributed by atoms with Gasteiger partial charge in [-0.2, -0.15) is 0 Å². The average Bonchev–Trinajstić information content (AvgIpc) is 2.55. The first-order valence-electron chi connectivity index (χ1n) is 7.74. The summed E-state index contributed by atoms with van der Waals surface area (Å²) in [4.78, 5) is 27.7. The van der Waals surface area contributed by atoms with E-state index in [-0.39, 0.29) is 17.4 Å². The number of hydrogen-bond acceptors (Lipinski definition) is 5. The second kappa shape index (κ2) is 8.87. The van der Waals surface area contributed by atoms with Crippen molar-refractivity contribution < 1.29 is 19.1 Å². The molecule has 1 heterocycles. The fourth-order valence-corrected chi connectivity index (χ4v) is 2.57. The van der Waals surface area contributed by atoms with Crippen molar-refractivity contribution in [3.63, 3.8) is 0 Å². The van der Waals surface area contributed by atoms with Crippen LogP contribution in [0, 0.1) is 20.8 Å². The number of ether oxygens (including phenoxy) is 2. The van der Waals surface area contributed by atoms with Gasteiger partial charge in [-0.15, -0.1) is 0 Å². The molecule has 0 saturated heterocycles. The molecular formula is C18H18Cl2N2O4. The zero-order valence-corrected chi connectivity index (χ0v) is 16.1. The topological polar surface area (TPSA) is 77.5 Å². The van der Waals surface area contributed by atoms with E-state index in [1.54, 1.807) is 6.92 Å². The molecule has 8 heteroatoms. The van der Waals surface area contributed by atoms with Crippen molar-refractivity contribution in [3.8, 4) is 5.75 Å². The van der Waals surface area contributed by atoms with Gasteiger partial charge in [-0.1, -0.05) is 29.3 Å². The van der Waals surface area contributed by atoms with E-state index in [1.165, 1.54) is 6.07 Å². The highest BCUT2D eigenvalue weighted by Gasteiger charge is 2.13. The SMILES string of the molecule is Cc1cc(C)cc(OCC(=O)OCC(=O)Nc2nc(C)c(Cl)cc2Cl)c1. The van der Waals surface area contributed by atoms with Crippen LogP contribution in [0.2, 0.25) is 10.0 Å². The zero-order chi connectivity index (χ0) is 19.3. The lowest BCUT2D eigenvalue weighted by atomic mass is 10.1. The van der Waals surface area contributed by atoms with Gasteiger partial charge in [0.15, 0.2) is 19.0 Å². The van der Waals surface area contributed by atoms with Gasteiger partial charge in [0.25, 0.3) is 5.91 Å². The van der Waals surface area contributed by atoms with Gasteiger partial charge in [0.2, 0.25) is 0 Å². The molecule has 1 aromatic carbocycles. The monoisotopic (exact) mass is 396 g/mol. The molecule has 1 aromatic heterocycles. The third kappa shape index (κ3) is 5.89. The number of aromatic nitrogens is 1. The number of esters is 1. The largest absolute Gasteiger partial charge is 0.482 e. The van der Waals surface area contributed by atoms with Crippen molar-refractivity contribution in [3.05, 3.63) is 51.1 Å². The normalized spacial score (nSPS) is 10.3. The second-order valence-corrected chi connectivity index (χ2v) is 6.52. The summed E-state index contributed by atoms with van der Waals surface area (Å²) in [6.07, 6.45) is 0. The van der Waals surface area contributed by atoms with E-state index in [9.17, 15) is 9.59 Å². The number of halogens is 2. The Labute approximate surface area is 161 Å². The van der Waals surface area contributed by atoms with Crippen molar-refractivity contribution in [1.29, 1.82) is 0 Å². The fraction of sp³-hybridized carbons (Fsp3) is 0.278. The lowest BCUT2D eigenvalue weighted by Gasteiger charge is -2.10. The summed E-state index contributed by atoms with van der Waals surface area (Å²) in [5.74, 6) is -0.510. The minimum Gasteiger partial charge on any atom is -0.482 e. The summed E-state index contributed by atoms with van der Waals surface area (Å²) in [5.41, 5.74) is 2.57. The van der Waals surface area contributed by atoms with Gasteiger partial charge in [-0.25, -0.2) is 9.78 Å². The summed E-state index contributed by atoms with van der Waals surface area (Å²) in [7, 11) is 0. The Morgan fingerprint density at radius 2 is 1.65 bits per heavy atom. The maximum absolute atomic E-state index is 11.9. The number of nitrogens with zero attached hydrogens (tertiary/aromatic N) is 1. The number of benzene rings is 1. The first kappa shape index (κ1) is 20.0. The Kier molecular flexibility index (Phi) is 6.83. The number of carbonyl (C=O) groups excluding carboxylic acids is 2. The average molecular weight is 397 g/mol. The molecule has 0 atom stereocenters. The number of nitrogens with one attached hydrogen (secondary N) is 1. The molecule has 0 radical (unpaired) electrons. The number of rotatable bonds is 6. The molecule has 6 nitrogen and oxygen atoms in total. The van der Waals surface area contributed by atoms with Gasteiger partial charge in [-0.05, 0) is 50.1 Å². The Morgan fingerprint density at radius 3 is 2.31 bits per heavy atom. The molecule has 0 bridgehead atoms. The van der Waals surface area contributed by atoms with Gasteiger partial charge in [0.1, 0.15) is 5.75 Å². The summed E-state index contributed by atoms with van der Waals surface area (Å²) >= 11 is 11.8. The molecule has 138 valence electrons. The number of hydrogen-bond donors (Lipinski definition) is 1. The second-order valence-electron chi connectivity index (χ2n) is 5.71. The van der Waals surface area contributed by atoms with E-state index in [0.29, 0.717) is 16.5 Å². The highest BCUT2D eigenvalue weighted by atomic mass is 35.5. The maximum Gasteiger partial charge on any atom is 0.344 e. The highest BCUT2D eigenvalue weighted by molar-refractivity contribution is 6.36. The van der Waals surface area contributed by atoms with Gasteiger partial charge in [-0.3, -0.25) is 4.79 Å². The third-order valence-corrected chi connectivity index (χ3v) is 3.95. The molecule has 0 fully saturated rings. The highest BCUT2D eigenvalue weighted by Crippen LogP contribution is 2.25. The van der Waals surface area contributed by atoms with Gasteiger partial charge in [0.05, 0.1) is 15.7 Å². The predicted octanol–water partition coefficient (Wildman–Crippen LogP) is 3.87. The van der Waals surface area contributed by atoms with Crippen LogP contribution >= 0.6 is 23.2 Å². The molecule has 0 saturated carbocycles. The van der Waals surface area contributed by atoms with Crippen molar-refractivity contribution >= 4 is 40.9 Å². The van der Waals surface area contributed by atoms with Crippen LogP contribution in [0.5, 0.6) is 5.75 Å². The van der Waals surface area contributed by atoms with Crippen molar-refractivity contribution in [1.82, 2.24) is 4.98 Å². The van der Waals surface area contributed by atoms with Crippen LogP contribution in [-0.4, -0.2) is 30.1 Å². The smallest absolute Gasteiger partial charge is 0.344 e. The van der Waals surface area contributed by atoms with Crippen molar-refractivity contribution in [2.24, 2.45) is 0 Å². The Balaban J connectivity index is 1.81. The molecule has 2 rings (SSSR count). The summed E-state index contributed by atoms with van der Waals surface area (Å²) in [6.45, 7) is 4.77. The molecule has 0 unspecified atom stereocenters. The van der Waals surface area contributed by atoms with Crippen LogP contribution < -0.4 is 10.1 Å². The number of carbonyl (C=O) groups is 2. The number of aryl methyl sites for hydroxylation is 3. The lowest BCUT2D eigenvalue weighted by molar-refractivity contribution is -0.149. The quantitative estimate of drug-likeness (QED) is 0.749. The van der Waals surface area contributed by atoms with Gasteiger partial charge in [0, 0.05) is 0 Å². The van der Waals surface area contributed by atoms with Crippen LogP contribution in [0.25, 0.3) is 0 Å². The maximum atomic E-state index is 11.9. The van der Waals surface area contributed by atoms with Crippen LogP contribution in [0.15, 0.2) is 24.3 Å². The van der Waals surface area contributed by atoms with E-state index in [1.807, 2.05) is 32.0 Å². The number of pyridine rings is 1. The van der Waals surface area contributed by atoms with E-state index in [4.69, 9.17) is 32.7 Å². The molecule has 0 spiro atoms. The van der Waals surface area contributed by atoms with Crippen LogP contribution in [0.4, 0.5) is 5.82 Å². The molecule has 1 N–H and O–H groups in total. The van der Waals surface area contributed by atoms with Crippen molar-refractivity contribution in [2.45, 2.75) is 20.8 Å². The van der Waals surface area contributed by atoms with Crippen LogP contribution in [0.3, 0.4) is 0 Å². The van der Waals surface area contributed by atoms with E-state index < -0.39 is 18.5 Å². The summed E-state index contributed by atoms with van der Waals surface area (Å²) < 4.78 is 10.3. The molecule has 0 aliphatic carbocycles. The zero-order valence-electron chi connectivity index (χ0n) is 14.6. The Morgan fingerprint density at radius 1 is 1.00 bits per heavy atom. The van der Waals surface area contributed by atoms with Crippen LogP contribution in [-0.2, 0) is 14.3 Å². The van der Waals surface area contributed by atoms with Crippen LogP contribution in [0.1, 0.15) is 16.8 Å². The molecule has 26 heavy (non-hydrogen) atoms. The van der Waals surface area contributed by atoms with E-state index in [0.717, 1.165) is 11.1 Å². The van der Waals surface area contributed by atoms with E-state index >= 15 is 0 Å². The Hall–Kier alpha value is -2.31. The number of anilines is 1. The standard InChI is InChI=1S/C18H18Cl2N2O4/c1-10-4-11(2)6-13(5-10)25-9-17(24)26-8-16(23)22-18-15(20)7-14(19)12(3)21-18/h4-7H,8-9H2,1-3H3,(H,21,22,23). The predicted molar refractivity (Wildman–Crippen MR) is 100.0 cm³/mol. The molecule has 0 aliphatic heterocycles. The first-order chi connectivity index (χ1) is 12.2. The van der Waals surface area contributed by atoms with Gasteiger partial charge < -0.3 is 14.8 Å². The third-order valence-electron chi connectivity index (χ3n) is 3.28. The van der Waals surface area contributed by atoms with E-state index in [2.05, 4.69) is 10.3 Å². The minimum atomic E-state index is -0.661. The van der Waals surface area contributed by atoms with Gasteiger partial charge >= 0.3 is 5.97 Å². The molecule has 1 amide bonds. The molecule has 2 aromatic rings. The Bertz CT molecular complexity index is 820. The summed E-state index contributed by atoms with van der Waals surface area (Å²) in [5, 5.41) is 3.05. The minimum absolute atomic E-state index is 0.154.